The highest BCUT2D eigenvalue weighted by Gasteiger charge is 2.23. The predicted molar refractivity (Wildman–Crippen MR) is 151 cm³/mol. The number of para-hydroxylation sites is 1. The number of halogens is 2. The highest BCUT2D eigenvalue weighted by Crippen LogP contribution is 2.42. The number of phenols is 1. The number of fused-ring (bicyclic) bond motifs is 1. The first kappa shape index (κ1) is 28.3. The van der Waals surface area contributed by atoms with E-state index in [1.54, 1.807) is 56.3 Å². The van der Waals surface area contributed by atoms with Gasteiger partial charge in [0, 0.05) is 10.4 Å². The predicted octanol–water partition coefficient (Wildman–Crippen LogP) is 7.73. The van der Waals surface area contributed by atoms with Crippen LogP contribution in [0.3, 0.4) is 0 Å². The number of phenolic OH excluding ortho intramolecular Hbond substituents is 1. The second-order valence-electron chi connectivity index (χ2n) is 8.28. The lowest BCUT2D eigenvalue weighted by molar-refractivity contribution is 0.102. The van der Waals surface area contributed by atoms with Gasteiger partial charge in [-0.2, -0.15) is 8.42 Å². The van der Waals surface area contributed by atoms with Gasteiger partial charge in [0.1, 0.15) is 27.7 Å². The van der Waals surface area contributed by atoms with Crippen LogP contribution in [0.15, 0.2) is 75.8 Å². The molecule has 0 saturated heterocycles. The molecule has 4 rings (SSSR count). The fourth-order valence-electron chi connectivity index (χ4n) is 3.98. The molecule has 0 aromatic heterocycles. The number of anilines is 1. The van der Waals surface area contributed by atoms with E-state index in [4.69, 9.17) is 27.9 Å². The van der Waals surface area contributed by atoms with Crippen LogP contribution in [-0.4, -0.2) is 30.6 Å². The minimum atomic E-state index is -4.70. The highest BCUT2D eigenvalue weighted by atomic mass is 35.5. The molecule has 0 bridgehead atoms. The van der Waals surface area contributed by atoms with Gasteiger partial charge >= 0.3 is 0 Å². The summed E-state index contributed by atoms with van der Waals surface area (Å²) in [5, 5.41) is 23.5. The van der Waals surface area contributed by atoms with Crippen LogP contribution in [0.1, 0.15) is 29.8 Å². The van der Waals surface area contributed by atoms with E-state index in [1.807, 2.05) is 0 Å². The quantitative estimate of drug-likeness (QED) is 0.142. The van der Waals surface area contributed by atoms with Crippen molar-refractivity contribution in [1.29, 1.82) is 0 Å². The Labute approximate surface area is 234 Å². The summed E-state index contributed by atoms with van der Waals surface area (Å²) in [6.45, 7) is 3.88. The maximum Gasteiger partial charge on any atom is 0.296 e. The Bertz CT molecular complexity index is 1720. The van der Waals surface area contributed by atoms with Crippen LogP contribution in [0, 0.1) is 0 Å². The Balaban J connectivity index is 1.87. The van der Waals surface area contributed by atoms with Crippen LogP contribution < -0.4 is 10.1 Å². The van der Waals surface area contributed by atoms with E-state index in [1.165, 1.54) is 12.1 Å². The van der Waals surface area contributed by atoms with Crippen LogP contribution in [0.2, 0.25) is 10.0 Å². The SMILES string of the molecule is CCOc1cccc(Cl)c1NC(=O)c1cc2ccccc2c(N=Nc2c(CC)cc(Cl)cc2S(=O)(=O)O)c1O. The van der Waals surface area contributed by atoms with E-state index < -0.39 is 26.7 Å². The number of hydrogen-bond donors (Lipinski definition) is 3. The number of hydrogen-bond acceptors (Lipinski definition) is 7. The first-order chi connectivity index (χ1) is 18.5. The number of carbonyl (C=O) groups is 1. The maximum absolute atomic E-state index is 13.4. The first-order valence-corrected chi connectivity index (χ1v) is 13.9. The van der Waals surface area contributed by atoms with Gasteiger partial charge in [0.05, 0.1) is 17.2 Å². The molecule has 0 heterocycles. The monoisotopic (exact) mass is 587 g/mol. The Hall–Kier alpha value is -3.70. The molecule has 4 aromatic rings. The van der Waals surface area contributed by atoms with Crippen LogP contribution in [0.5, 0.6) is 11.5 Å². The molecule has 0 aliphatic heterocycles. The van der Waals surface area contributed by atoms with Gasteiger partial charge in [0.15, 0.2) is 5.75 Å². The van der Waals surface area contributed by atoms with Gasteiger partial charge in [0.2, 0.25) is 0 Å². The molecule has 0 saturated carbocycles. The van der Waals surface area contributed by atoms with E-state index >= 15 is 0 Å². The van der Waals surface area contributed by atoms with E-state index in [-0.39, 0.29) is 32.7 Å². The summed E-state index contributed by atoms with van der Waals surface area (Å²) < 4.78 is 39.4. The lowest BCUT2D eigenvalue weighted by Gasteiger charge is -2.15. The van der Waals surface area contributed by atoms with Gasteiger partial charge in [-0.25, -0.2) is 0 Å². The lowest BCUT2D eigenvalue weighted by atomic mass is 10.0. The summed E-state index contributed by atoms with van der Waals surface area (Å²) in [4.78, 5) is 12.8. The third kappa shape index (κ3) is 5.99. The molecule has 0 unspecified atom stereocenters. The zero-order valence-electron chi connectivity index (χ0n) is 20.8. The summed E-state index contributed by atoms with van der Waals surface area (Å²) in [7, 11) is -4.70. The minimum Gasteiger partial charge on any atom is -0.505 e. The molecule has 9 nitrogen and oxygen atoms in total. The van der Waals surface area contributed by atoms with Gasteiger partial charge in [-0.1, -0.05) is 60.5 Å². The number of nitrogens with zero attached hydrogens (tertiary/aromatic N) is 2. The van der Waals surface area contributed by atoms with Crippen LogP contribution in [0.25, 0.3) is 10.8 Å². The smallest absolute Gasteiger partial charge is 0.296 e. The number of rotatable bonds is 8. The highest BCUT2D eigenvalue weighted by molar-refractivity contribution is 7.86. The molecule has 12 heteroatoms. The van der Waals surface area contributed by atoms with Crippen LogP contribution in [-0.2, 0) is 16.5 Å². The van der Waals surface area contributed by atoms with Crippen molar-refractivity contribution >= 4 is 67.1 Å². The van der Waals surface area contributed by atoms with Gasteiger partial charge < -0.3 is 15.2 Å². The fraction of sp³-hybridized carbons (Fsp3) is 0.148. The Kier molecular flexibility index (Phi) is 8.41. The van der Waals surface area contributed by atoms with Gasteiger partial charge in [0.25, 0.3) is 16.0 Å². The summed E-state index contributed by atoms with van der Waals surface area (Å²) >= 11 is 12.3. The molecule has 0 spiro atoms. The summed E-state index contributed by atoms with van der Waals surface area (Å²) in [5.74, 6) is -0.838. The number of azo groups is 1. The topological polar surface area (TPSA) is 138 Å². The van der Waals surface area contributed by atoms with Crippen molar-refractivity contribution in [3.05, 3.63) is 81.8 Å². The molecule has 202 valence electrons. The van der Waals surface area contributed by atoms with Crippen molar-refractivity contribution in [1.82, 2.24) is 0 Å². The van der Waals surface area contributed by atoms with Crippen molar-refractivity contribution in [2.45, 2.75) is 25.2 Å². The van der Waals surface area contributed by atoms with Crippen molar-refractivity contribution < 1.29 is 27.6 Å². The lowest BCUT2D eigenvalue weighted by Crippen LogP contribution is -2.14. The maximum atomic E-state index is 13.4. The summed E-state index contributed by atoms with van der Waals surface area (Å²) in [6.07, 6.45) is 0.326. The molecule has 0 atom stereocenters. The van der Waals surface area contributed by atoms with Crippen LogP contribution >= 0.6 is 23.2 Å². The number of amides is 1. The van der Waals surface area contributed by atoms with E-state index in [0.29, 0.717) is 35.1 Å². The first-order valence-electron chi connectivity index (χ1n) is 11.7. The molecule has 3 N–H and O–H groups in total. The Morgan fingerprint density at radius 1 is 1.00 bits per heavy atom. The standard InChI is InChI=1S/C27H23Cl2N3O6S/c1-3-15-12-17(28)14-22(39(35,36)37)23(15)31-32-24-18-9-6-5-8-16(18)13-19(26(24)33)27(34)30-25-20(29)10-7-11-21(25)38-4-2/h5-14,33H,3-4H2,1-2H3,(H,30,34)(H,35,36,37). The molecular weight excluding hydrogens is 565 g/mol. The van der Waals surface area contributed by atoms with Crippen molar-refractivity contribution in [3.63, 3.8) is 0 Å². The van der Waals surface area contributed by atoms with Crippen molar-refractivity contribution in [3.8, 4) is 11.5 Å². The molecule has 0 aliphatic rings. The molecular formula is C27H23Cl2N3O6S. The summed E-state index contributed by atoms with van der Waals surface area (Å²) in [6, 6.07) is 15.8. The Morgan fingerprint density at radius 2 is 1.72 bits per heavy atom. The zero-order valence-corrected chi connectivity index (χ0v) is 23.1. The Morgan fingerprint density at radius 3 is 2.41 bits per heavy atom. The van der Waals surface area contributed by atoms with E-state index in [9.17, 15) is 22.9 Å². The average Bonchev–Trinajstić information content (AvgIpc) is 2.89. The number of carbonyl (C=O) groups excluding carboxylic acids is 1. The zero-order chi connectivity index (χ0) is 28.3. The second kappa shape index (κ2) is 11.6. The number of aryl methyl sites for hydroxylation is 1. The molecule has 1 amide bonds. The normalized spacial score (nSPS) is 11.7. The third-order valence-corrected chi connectivity index (χ3v) is 7.18. The third-order valence-electron chi connectivity index (χ3n) is 5.78. The number of aromatic hydroxyl groups is 1. The van der Waals surface area contributed by atoms with E-state index in [0.717, 1.165) is 6.07 Å². The fourth-order valence-corrected chi connectivity index (χ4v) is 5.19. The van der Waals surface area contributed by atoms with Gasteiger partial charge in [-0.05, 0) is 54.6 Å². The van der Waals surface area contributed by atoms with Gasteiger partial charge in [-0.3, -0.25) is 9.35 Å². The minimum absolute atomic E-state index is 0.0827. The van der Waals surface area contributed by atoms with Crippen LogP contribution in [0.4, 0.5) is 17.1 Å². The molecule has 0 fully saturated rings. The number of ether oxygens (including phenoxy) is 1. The summed E-state index contributed by atoms with van der Waals surface area (Å²) in [5.41, 5.74) is 0.278. The van der Waals surface area contributed by atoms with E-state index in [2.05, 4.69) is 15.5 Å². The molecule has 39 heavy (non-hydrogen) atoms. The number of nitrogens with one attached hydrogen (secondary N) is 1. The van der Waals surface area contributed by atoms with Gasteiger partial charge in [-0.15, -0.1) is 10.2 Å². The van der Waals surface area contributed by atoms with Crippen molar-refractivity contribution in [2.24, 2.45) is 10.2 Å². The molecule has 4 aromatic carbocycles. The molecule has 0 radical (unpaired) electrons. The molecule has 0 aliphatic carbocycles. The van der Waals surface area contributed by atoms with Crippen molar-refractivity contribution in [2.75, 3.05) is 11.9 Å². The average molecular weight is 588 g/mol. The largest absolute Gasteiger partial charge is 0.505 e. The number of benzene rings is 4. The second-order valence-corrected chi connectivity index (χ2v) is 10.5.